The van der Waals surface area contributed by atoms with Crippen LogP contribution in [0.1, 0.15) is 12.8 Å². The zero-order chi connectivity index (χ0) is 15.3. The summed E-state index contributed by atoms with van der Waals surface area (Å²) in [5, 5.41) is 41.5. The summed E-state index contributed by atoms with van der Waals surface area (Å²) in [4.78, 5) is 33.6. The molecule has 0 aromatic rings. The van der Waals surface area contributed by atoms with Gasteiger partial charge in [0.05, 0.1) is 6.61 Å². The van der Waals surface area contributed by atoms with E-state index in [9.17, 15) is 29.7 Å². The number of hydrogen-bond acceptors (Lipinski definition) is 7. The van der Waals surface area contributed by atoms with Crippen molar-refractivity contribution in [3.8, 4) is 0 Å². The smallest absolute Gasteiger partial charge is 0.243 e. The lowest BCUT2D eigenvalue weighted by Gasteiger charge is -2.26. The van der Waals surface area contributed by atoms with E-state index in [0.29, 0.717) is 0 Å². The number of carbonyl (C=O) groups is 3. The summed E-state index contributed by atoms with van der Waals surface area (Å²) in [6.07, 6.45) is -4.56. The Morgan fingerprint density at radius 1 is 1.40 bits per heavy atom. The van der Waals surface area contributed by atoms with E-state index in [1.807, 2.05) is 0 Å². The maximum Gasteiger partial charge on any atom is 0.243 e. The molecule has 0 aliphatic carbocycles. The zero-order valence-electron chi connectivity index (χ0n) is 10.6. The molecule has 1 aliphatic heterocycles. The lowest BCUT2D eigenvalue weighted by Crippen LogP contribution is -2.56. The van der Waals surface area contributed by atoms with Crippen LogP contribution in [0.15, 0.2) is 0 Å². The largest absolute Gasteiger partial charge is 0.394 e. The molecule has 1 saturated heterocycles. The van der Waals surface area contributed by atoms with Gasteiger partial charge in [-0.15, -0.1) is 0 Å². The molecule has 2 amide bonds. The third-order valence-electron chi connectivity index (χ3n) is 3.07. The van der Waals surface area contributed by atoms with Crippen LogP contribution in [-0.4, -0.2) is 75.5 Å². The van der Waals surface area contributed by atoms with Gasteiger partial charge in [0.2, 0.25) is 11.8 Å². The van der Waals surface area contributed by atoms with E-state index in [2.05, 4.69) is 10.6 Å². The molecule has 114 valence electrons. The average Bonchev–Trinajstić information content (AvgIpc) is 2.88. The summed E-state index contributed by atoms with van der Waals surface area (Å²) >= 11 is 0. The molecule has 0 aromatic carbocycles. The van der Waals surface area contributed by atoms with Gasteiger partial charge in [-0.2, -0.15) is 0 Å². The fraction of sp³-hybridized carbons (Fsp3) is 0.727. The van der Waals surface area contributed by atoms with Gasteiger partial charge in [-0.25, -0.2) is 0 Å². The van der Waals surface area contributed by atoms with Crippen molar-refractivity contribution in [1.29, 1.82) is 0 Å². The van der Waals surface area contributed by atoms with E-state index in [0.717, 1.165) is 0 Å². The van der Waals surface area contributed by atoms with Crippen LogP contribution >= 0.6 is 0 Å². The highest BCUT2D eigenvalue weighted by atomic mass is 16.4. The monoisotopic (exact) mass is 290 g/mol. The second-order valence-corrected chi connectivity index (χ2v) is 4.56. The topological polar surface area (TPSA) is 156 Å². The SMILES string of the molecule is O=C[C@H](NC(=O)C1CCC(=O)N1)[C@@H](O)[C@H](O)[C@H](O)CO. The first kappa shape index (κ1) is 16.5. The minimum Gasteiger partial charge on any atom is -0.394 e. The molecule has 6 N–H and O–H groups in total. The molecular formula is C11H18N2O7. The Kier molecular flexibility index (Phi) is 6.02. The van der Waals surface area contributed by atoms with Crippen LogP contribution in [0.4, 0.5) is 0 Å². The fourth-order valence-electron chi connectivity index (χ4n) is 1.82. The van der Waals surface area contributed by atoms with Crippen molar-refractivity contribution >= 4 is 18.1 Å². The minimum absolute atomic E-state index is 0.193. The van der Waals surface area contributed by atoms with Gasteiger partial charge >= 0.3 is 0 Å². The van der Waals surface area contributed by atoms with Crippen molar-refractivity contribution in [3.63, 3.8) is 0 Å². The third kappa shape index (κ3) is 3.97. The van der Waals surface area contributed by atoms with Crippen molar-refractivity contribution in [1.82, 2.24) is 10.6 Å². The number of rotatable bonds is 7. The summed E-state index contributed by atoms with van der Waals surface area (Å²) in [5.41, 5.74) is 0. The standard InChI is InChI=1S/C11H18N2O7/c14-3-6(9(18)10(19)7(16)4-15)13-11(20)5-1-2-8(17)12-5/h3,5-7,9-10,15-16,18-19H,1-2,4H2,(H,12,17)(H,13,20)/t5?,6-,7+,9+,10+/m0/s1. The Balaban J connectivity index is 2.59. The molecule has 0 saturated carbocycles. The Morgan fingerprint density at radius 3 is 2.50 bits per heavy atom. The molecule has 0 bridgehead atoms. The maximum atomic E-state index is 11.7. The second kappa shape index (κ2) is 7.29. The van der Waals surface area contributed by atoms with E-state index in [-0.39, 0.29) is 25.0 Å². The van der Waals surface area contributed by atoms with E-state index >= 15 is 0 Å². The van der Waals surface area contributed by atoms with Gasteiger partial charge in [0.25, 0.3) is 0 Å². The Bertz CT molecular complexity index is 376. The summed E-state index contributed by atoms with van der Waals surface area (Å²) in [7, 11) is 0. The van der Waals surface area contributed by atoms with E-state index in [1.54, 1.807) is 0 Å². The Hall–Kier alpha value is -1.55. The molecule has 1 unspecified atom stereocenters. The number of nitrogens with one attached hydrogen (secondary N) is 2. The fourth-order valence-corrected chi connectivity index (χ4v) is 1.82. The normalized spacial score (nSPS) is 24.4. The highest BCUT2D eigenvalue weighted by molar-refractivity contribution is 5.91. The predicted octanol–water partition coefficient (Wildman–Crippen LogP) is -3.98. The van der Waals surface area contributed by atoms with Gasteiger partial charge in [-0.1, -0.05) is 0 Å². The van der Waals surface area contributed by atoms with Gasteiger partial charge in [0.15, 0.2) is 0 Å². The van der Waals surface area contributed by atoms with E-state index in [1.165, 1.54) is 0 Å². The molecule has 0 aromatic heterocycles. The molecule has 1 rings (SSSR count). The van der Waals surface area contributed by atoms with Crippen molar-refractivity contribution in [2.24, 2.45) is 0 Å². The van der Waals surface area contributed by atoms with Crippen molar-refractivity contribution < 1.29 is 34.8 Å². The Labute approximate surface area is 114 Å². The van der Waals surface area contributed by atoms with Crippen molar-refractivity contribution in [2.45, 2.75) is 43.2 Å². The number of aliphatic hydroxyl groups excluding tert-OH is 4. The number of aldehydes is 1. The Morgan fingerprint density at radius 2 is 2.05 bits per heavy atom. The average molecular weight is 290 g/mol. The molecular weight excluding hydrogens is 272 g/mol. The summed E-state index contributed by atoms with van der Waals surface area (Å²) in [5.74, 6) is -0.957. The summed E-state index contributed by atoms with van der Waals surface area (Å²) < 4.78 is 0. The number of hydrogen-bond donors (Lipinski definition) is 6. The highest BCUT2D eigenvalue weighted by Gasteiger charge is 2.34. The molecule has 20 heavy (non-hydrogen) atoms. The van der Waals surface area contributed by atoms with Crippen LogP contribution in [0.25, 0.3) is 0 Å². The van der Waals surface area contributed by atoms with Gasteiger partial charge in [0.1, 0.15) is 36.7 Å². The molecule has 9 heteroatoms. The quantitative estimate of drug-likeness (QED) is 0.261. The molecule has 0 radical (unpaired) electrons. The first-order chi connectivity index (χ1) is 9.40. The van der Waals surface area contributed by atoms with E-state index in [4.69, 9.17) is 5.11 Å². The van der Waals surface area contributed by atoms with Crippen molar-refractivity contribution in [3.05, 3.63) is 0 Å². The predicted molar refractivity (Wildman–Crippen MR) is 64.3 cm³/mol. The lowest BCUT2D eigenvalue weighted by molar-refractivity contribution is -0.132. The van der Waals surface area contributed by atoms with Crippen LogP contribution in [-0.2, 0) is 14.4 Å². The first-order valence-electron chi connectivity index (χ1n) is 6.10. The molecule has 5 atom stereocenters. The van der Waals surface area contributed by atoms with Crippen LogP contribution in [0.2, 0.25) is 0 Å². The van der Waals surface area contributed by atoms with Crippen LogP contribution in [0.3, 0.4) is 0 Å². The minimum atomic E-state index is -1.80. The second-order valence-electron chi connectivity index (χ2n) is 4.56. The lowest BCUT2D eigenvalue weighted by atomic mass is 10.0. The van der Waals surface area contributed by atoms with Crippen LogP contribution in [0.5, 0.6) is 0 Å². The molecule has 1 aliphatic rings. The number of amides is 2. The number of aliphatic hydroxyl groups is 4. The van der Waals surface area contributed by atoms with Gasteiger partial charge in [-0.05, 0) is 6.42 Å². The summed E-state index contributed by atoms with van der Waals surface area (Å²) in [6.45, 7) is -0.809. The maximum absolute atomic E-state index is 11.7. The highest BCUT2D eigenvalue weighted by Crippen LogP contribution is 2.08. The molecule has 0 spiro atoms. The number of carbonyl (C=O) groups excluding carboxylic acids is 3. The van der Waals surface area contributed by atoms with Gasteiger partial charge in [0, 0.05) is 6.42 Å². The van der Waals surface area contributed by atoms with Crippen LogP contribution in [0, 0.1) is 0 Å². The van der Waals surface area contributed by atoms with Gasteiger partial charge in [-0.3, -0.25) is 9.59 Å². The molecule has 9 nitrogen and oxygen atoms in total. The summed E-state index contributed by atoms with van der Waals surface area (Å²) in [6, 6.07) is -2.26. The van der Waals surface area contributed by atoms with E-state index < -0.39 is 42.9 Å². The zero-order valence-corrected chi connectivity index (χ0v) is 10.6. The molecule has 1 heterocycles. The first-order valence-corrected chi connectivity index (χ1v) is 6.10. The van der Waals surface area contributed by atoms with Crippen molar-refractivity contribution in [2.75, 3.05) is 6.61 Å². The molecule has 1 fully saturated rings. The third-order valence-corrected chi connectivity index (χ3v) is 3.07. The van der Waals surface area contributed by atoms with Crippen LogP contribution < -0.4 is 10.6 Å². The van der Waals surface area contributed by atoms with Gasteiger partial charge < -0.3 is 35.9 Å².